The predicted octanol–water partition coefficient (Wildman–Crippen LogP) is 3.82. The van der Waals surface area contributed by atoms with E-state index < -0.39 is 23.7 Å². The van der Waals surface area contributed by atoms with Crippen molar-refractivity contribution < 1.29 is 23.5 Å². The van der Waals surface area contributed by atoms with E-state index in [1.165, 1.54) is 24.3 Å². The molecule has 2 rings (SSSR count). The normalized spacial score (nSPS) is 12.0. The molecule has 1 aromatic carbocycles. The third-order valence-corrected chi connectivity index (χ3v) is 3.67. The Balaban J connectivity index is 2.18. The van der Waals surface area contributed by atoms with Gasteiger partial charge in [0.25, 0.3) is 5.91 Å². The second-order valence-electron chi connectivity index (χ2n) is 4.97. The van der Waals surface area contributed by atoms with Gasteiger partial charge in [-0.3, -0.25) is 4.79 Å². The molecule has 23 heavy (non-hydrogen) atoms. The van der Waals surface area contributed by atoms with Crippen LogP contribution in [0.3, 0.4) is 0 Å². The van der Waals surface area contributed by atoms with Gasteiger partial charge in [0.15, 0.2) is 5.76 Å². The molecule has 1 atom stereocenters. The van der Waals surface area contributed by atoms with Crippen LogP contribution in [0.2, 0.25) is 5.02 Å². The van der Waals surface area contributed by atoms with Crippen molar-refractivity contribution in [1.29, 1.82) is 0 Å². The Kier molecular flexibility index (Phi) is 5.05. The molecule has 1 aromatic heterocycles. The van der Waals surface area contributed by atoms with Gasteiger partial charge in [-0.1, -0.05) is 24.6 Å². The Bertz CT molecular complexity index is 757. The monoisotopic (exact) mass is 339 g/mol. The summed E-state index contributed by atoms with van der Waals surface area (Å²) in [4.78, 5) is 23.3. The minimum atomic E-state index is -1.15. The zero-order chi connectivity index (χ0) is 17.1. The van der Waals surface area contributed by atoms with Crippen LogP contribution in [0.1, 0.15) is 52.1 Å². The van der Waals surface area contributed by atoms with Crippen LogP contribution >= 0.6 is 11.6 Å². The third kappa shape index (κ3) is 3.71. The van der Waals surface area contributed by atoms with Gasteiger partial charge in [-0.15, -0.1) is 0 Å². The molecule has 0 radical (unpaired) electrons. The van der Waals surface area contributed by atoms with Crippen molar-refractivity contribution in [3.05, 3.63) is 57.8 Å². The molecular formula is C16H15ClFNO4. The lowest BCUT2D eigenvalue weighted by Gasteiger charge is -2.13. The van der Waals surface area contributed by atoms with Gasteiger partial charge in [-0.25, -0.2) is 9.18 Å². The van der Waals surface area contributed by atoms with Crippen molar-refractivity contribution >= 4 is 23.5 Å². The van der Waals surface area contributed by atoms with Crippen LogP contribution in [-0.2, 0) is 6.42 Å². The fourth-order valence-electron chi connectivity index (χ4n) is 2.12. The van der Waals surface area contributed by atoms with E-state index in [1.807, 2.05) is 0 Å². The highest BCUT2D eigenvalue weighted by Gasteiger charge is 2.21. The minimum absolute atomic E-state index is 0.0323. The zero-order valence-corrected chi connectivity index (χ0v) is 13.3. The molecular weight excluding hydrogens is 325 g/mol. The summed E-state index contributed by atoms with van der Waals surface area (Å²) >= 11 is 5.72. The van der Waals surface area contributed by atoms with Crippen molar-refractivity contribution in [1.82, 2.24) is 5.32 Å². The van der Waals surface area contributed by atoms with E-state index in [0.717, 1.165) is 0 Å². The first-order valence-electron chi connectivity index (χ1n) is 6.95. The van der Waals surface area contributed by atoms with Crippen molar-refractivity contribution in [3.8, 4) is 0 Å². The molecule has 5 nitrogen and oxygen atoms in total. The molecule has 0 aliphatic carbocycles. The second-order valence-corrected chi connectivity index (χ2v) is 5.38. The van der Waals surface area contributed by atoms with Crippen LogP contribution in [0.4, 0.5) is 4.39 Å². The highest BCUT2D eigenvalue weighted by Crippen LogP contribution is 2.22. The smallest absolute Gasteiger partial charge is 0.339 e. The van der Waals surface area contributed by atoms with E-state index in [1.54, 1.807) is 13.8 Å². The molecule has 122 valence electrons. The number of halogens is 2. The SMILES string of the molecule is CCc1oc(C(=O)NC(C)c2ccc(F)c(Cl)c2)cc1C(=O)O. The average Bonchev–Trinajstić information content (AvgIpc) is 2.94. The number of carbonyl (C=O) groups is 2. The number of aryl methyl sites for hydroxylation is 1. The second kappa shape index (κ2) is 6.83. The van der Waals surface area contributed by atoms with E-state index in [-0.39, 0.29) is 22.1 Å². The maximum absolute atomic E-state index is 13.2. The van der Waals surface area contributed by atoms with Crippen LogP contribution in [0, 0.1) is 5.82 Å². The number of rotatable bonds is 5. The first-order valence-corrected chi connectivity index (χ1v) is 7.33. The van der Waals surface area contributed by atoms with Gasteiger partial charge in [0.1, 0.15) is 17.1 Å². The Hall–Kier alpha value is -2.34. The number of amides is 1. The number of hydrogen-bond acceptors (Lipinski definition) is 3. The first kappa shape index (κ1) is 17.0. The number of carboxylic acids is 1. The van der Waals surface area contributed by atoms with Crippen molar-refractivity contribution in [3.63, 3.8) is 0 Å². The molecule has 0 saturated heterocycles. The average molecular weight is 340 g/mol. The van der Waals surface area contributed by atoms with Gasteiger partial charge in [-0.2, -0.15) is 0 Å². The van der Waals surface area contributed by atoms with Crippen LogP contribution in [0.25, 0.3) is 0 Å². The van der Waals surface area contributed by atoms with E-state index in [4.69, 9.17) is 21.1 Å². The zero-order valence-electron chi connectivity index (χ0n) is 12.5. The summed E-state index contributed by atoms with van der Waals surface area (Å²) in [6.07, 6.45) is 0.359. The molecule has 0 aliphatic heterocycles. The fraction of sp³-hybridized carbons (Fsp3) is 0.250. The summed E-state index contributed by atoms with van der Waals surface area (Å²) in [6.45, 7) is 3.43. The lowest BCUT2D eigenvalue weighted by molar-refractivity contribution is 0.0694. The highest BCUT2D eigenvalue weighted by molar-refractivity contribution is 6.30. The quantitative estimate of drug-likeness (QED) is 0.867. The van der Waals surface area contributed by atoms with Crippen LogP contribution in [0.5, 0.6) is 0 Å². The lowest BCUT2D eigenvalue weighted by Crippen LogP contribution is -2.26. The summed E-state index contributed by atoms with van der Waals surface area (Å²) in [7, 11) is 0. The van der Waals surface area contributed by atoms with Gasteiger partial charge in [0.2, 0.25) is 0 Å². The van der Waals surface area contributed by atoms with E-state index in [0.29, 0.717) is 12.0 Å². The highest BCUT2D eigenvalue weighted by atomic mass is 35.5. The molecule has 1 unspecified atom stereocenters. The van der Waals surface area contributed by atoms with E-state index in [2.05, 4.69) is 5.32 Å². The summed E-state index contributed by atoms with van der Waals surface area (Å²) in [5.41, 5.74) is 0.584. The number of hydrogen-bond donors (Lipinski definition) is 2. The molecule has 1 amide bonds. The maximum Gasteiger partial charge on any atom is 0.339 e. The molecule has 7 heteroatoms. The molecule has 2 N–H and O–H groups in total. The first-order chi connectivity index (χ1) is 10.8. The summed E-state index contributed by atoms with van der Waals surface area (Å²) in [5, 5.41) is 11.7. The standard InChI is InChI=1S/C16H15ClFNO4/c1-3-13-10(16(21)22)7-14(23-13)15(20)19-8(2)9-4-5-12(18)11(17)6-9/h4-8H,3H2,1-2H3,(H,19,20)(H,21,22). The topological polar surface area (TPSA) is 79.5 Å². The number of nitrogens with one attached hydrogen (secondary N) is 1. The predicted molar refractivity (Wildman–Crippen MR) is 82.3 cm³/mol. The van der Waals surface area contributed by atoms with Crippen LogP contribution in [-0.4, -0.2) is 17.0 Å². The molecule has 1 heterocycles. The number of aromatic carboxylic acids is 1. The Labute approximate surface area is 137 Å². The molecule has 2 aromatic rings. The number of carbonyl (C=O) groups excluding carboxylic acids is 1. The van der Waals surface area contributed by atoms with Crippen molar-refractivity contribution in [2.24, 2.45) is 0 Å². The molecule has 0 fully saturated rings. The number of carboxylic acid groups (broad SMARTS) is 1. The van der Waals surface area contributed by atoms with Gasteiger partial charge >= 0.3 is 5.97 Å². The summed E-state index contributed by atoms with van der Waals surface area (Å²) < 4.78 is 18.4. The third-order valence-electron chi connectivity index (χ3n) is 3.38. The largest absolute Gasteiger partial charge is 0.478 e. The lowest BCUT2D eigenvalue weighted by atomic mass is 10.1. The van der Waals surface area contributed by atoms with Crippen LogP contribution < -0.4 is 5.32 Å². The number of benzene rings is 1. The van der Waals surface area contributed by atoms with Crippen molar-refractivity contribution in [2.75, 3.05) is 0 Å². The van der Waals surface area contributed by atoms with E-state index in [9.17, 15) is 14.0 Å². The van der Waals surface area contributed by atoms with Crippen LogP contribution in [0.15, 0.2) is 28.7 Å². The molecule has 0 bridgehead atoms. The molecule has 0 aliphatic rings. The molecule has 0 saturated carbocycles. The Morgan fingerprint density at radius 3 is 2.61 bits per heavy atom. The fourth-order valence-corrected chi connectivity index (χ4v) is 2.31. The van der Waals surface area contributed by atoms with Gasteiger partial charge in [0, 0.05) is 12.5 Å². The maximum atomic E-state index is 13.2. The van der Waals surface area contributed by atoms with Gasteiger partial charge in [-0.05, 0) is 24.6 Å². The summed E-state index contributed by atoms with van der Waals surface area (Å²) in [6, 6.07) is 4.88. The minimum Gasteiger partial charge on any atom is -0.478 e. The van der Waals surface area contributed by atoms with Crippen molar-refractivity contribution in [2.45, 2.75) is 26.3 Å². The molecule has 0 spiro atoms. The number of furan rings is 1. The summed E-state index contributed by atoms with van der Waals surface area (Å²) in [5.74, 6) is -2.10. The van der Waals surface area contributed by atoms with Gasteiger partial charge < -0.3 is 14.8 Å². The Morgan fingerprint density at radius 2 is 2.09 bits per heavy atom. The van der Waals surface area contributed by atoms with E-state index >= 15 is 0 Å². The Morgan fingerprint density at radius 1 is 1.39 bits per heavy atom. The van der Waals surface area contributed by atoms with Gasteiger partial charge in [0.05, 0.1) is 11.1 Å².